The van der Waals surface area contributed by atoms with Gasteiger partial charge in [-0.2, -0.15) is 0 Å². The quantitative estimate of drug-likeness (QED) is 0.892. The van der Waals surface area contributed by atoms with Gasteiger partial charge in [-0.1, -0.05) is 37.1 Å². The van der Waals surface area contributed by atoms with Gasteiger partial charge in [0.25, 0.3) is 0 Å². The number of rotatable bonds is 2. The van der Waals surface area contributed by atoms with E-state index < -0.39 is 0 Å². The molecule has 1 saturated carbocycles. The first-order valence-electron chi connectivity index (χ1n) is 8.28. The fourth-order valence-corrected chi connectivity index (χ4v) is 5.42. The zero-order valence-corrected chi connectivity index (χ0v) is 12.5. The average molecular weight is 271 g/mol. The van der Waals surface area contributed by atoms with Crippen LogP contribution in [0.2, 0.25) is 0 Å². The van der Waals surface area contributed by atoms with Gasteiger partial charge in [0.1, 0.15) is 0 Å². The van der Waals surface area contributed by atoms with E-state index in [1.54, 1.807) is 11.1 Å². The summed E-state index contributed by atoms with van der Waals surface area (Å²) in [5, 5.41) is 3.79. The van der Waals surface area contributed by atoms with Gasteiger partial charge < -0.3 is 10.1 Å². The minimum absolute atomic E-state index is 0.0482. The van der Waals surface area contributed by atoms with Crippen molar-refractivity contribution in [1.29, 1.82) is 0 Å². The third-order valence-electron chi connectivity index (χ3n) is 6.08. The number of ether oxygens (including phenoxy) is 1. The van der Waals surface area contributed by atoms with Crippen molar-refractivity contribution >= 4 is 0 Å². The van der Waals surface area contributed by atoms with E-state index in [-0.39, 0.29) is 11.0 Å². The molecule has 2 nitrogen and oxygen atoms in total. The second-order valence-electron chi connectivity index (χ2n) is 6.73. The smallest absolute Gasteiger partial charge is 0.0934 e. The summed E-state index contributed by atoms with van der Waals surface area (Å²) in [6.07, 6.45) is 7.59. The Balaban J connectivity index is 1.93. The van der Waals surface area contributed by atoms with Crippen LogP contribution in [0.4, 0.5) is 0 Å². The summed E-state index contributed by atoms with van der Waals surface area (Å²) in [6.45, 7) is 4.14. The molecule has 1 unspecified atom stereocenters. The van der Waals surface area contributed by atoms with Crippen molar-refractivity contribution < 1.29 is 4.74 Å². The van der Waals surface area contributed by atoms with Crippen molar-refractivity contribution in [2.24, 2.45) is 0 Å². The van der Waals surface area contributed by atoms with Crippen LogP contribution in [0.3, 0.4) is 0 Å². The molecule has 0 spiro atoms. The first-order valence-corrected chi connectivity index (χ1v) is 8.28. The maximum atomic E-state index is 6.53. The van der Waals surface area contributed by atoms with E-state index in [4.69, 9.17) is 4.74 Å². The van der Waals surface area contributed by atoms with Crippen molar-refractivity contribution in [3.8, 4) is 0 Å². The molecule has 1 saturated heterocycles. The Hall–Kier alpha value is -0.860. The number of hydrogen-bond acceptors (Lipinski definition) is 2. The molecule has 0 aromatic heterocycles. The molecular formula is C18H25NO. The molecular weight excluding hydrogens is 246 g/mol. The normalized spacial score (nSPS) is 39.0. The summed E-state index contributed by atoms with van der Waals surface area (Å²) in [7, 11) is 0. The number of nitrogens with one attached hydrogen (secondary N) is 1. The van der Waals surface area contributed by atoms with E-state index in [1.165, 1.54) is 32.1 Å². The molecule has 1 aromatic rings. The Morgan fingerprint density at radius 2 is 2.05 bits per heavy atom. The van der Waals surface area contributed by atoms with Crippen LogP contribution >= 0.6 is 0 Å². The Morgan fingerprint density at radius 3 is 2.95 bits per heavy atom. The number of hydrogen-bond donors (Lipinski definition) is 1. The Kier molecular flexibility index (Phi) is 2.94. The van der Waals surface area contributed by atoms with Crippen molar-refractivity contribution in [3.63, 3.8) is 0 Å². The van der Waals surface area contributed by atoms with E-state index in [2.05, 4.69) is 36.5 Å². The molecule has 20 heavy (non-hydrogen) atoms. The fraction of sp³-hybridized carbons (Fsp3) is 0.667. The Bertz CT molecular complexity index is 506. The molecule has 0 radical (unpaired) electrons. The third-order valence-corrected chi connectivity index (χ3v) is 6.08. The summed E-state index contributed by atoms with van der Waals surface area (Å²) in [6, 6.07) is 9.65. The first kappa shape index (κ1) is 12.8. The molecule has 3 aliphatic rings. The largest absolute Gasteiger partial charge is 0.373 e. The summed E-state index contributed by atoms with van der Waals surface area (Å²) in [5.74, 6) is 0. The van der Waals surface area contributed by atoms with Crippen LogP contribution in [0.25, 0.3) is 0 Å². The molecule has 108 valence electrons. The molecule has 2 fully saturated rings. The fourth-order valence-electron chi connectivity index (χ4n) is 5.42. The maximum Gasteiger partial charge on any atom is 0.0934 e. The predicted octanol–water partition coefficient (Wildman–Crippen LogP) is 3.19. The minimum Gasteiger partial charge on any atom is -0.373 e. The summed E-state index contributed by atoms with van der Waals surface area (Å²) < 4.78 is 6.53. The molecule has 2 heteroatoms. The molecule has 1 aromatic carbocycles. The second kappa shape index (κ2) is 4.57. The highest BCUT2D eigenvalue weighted by Crippen LogP contribution is 2.57. The SMILES string of the molecule is CCOC12CCCC[C@@]13CCN[C@@H]2Cc1ccccc13. The van der Waals surface area contributed by atoms with E-state index in [1.807, 2.05) is 0 Å². The average Bonchev–Trinajstić information content (AvgIpc) is 2.47. The van der Waals surface area contributed by atoms with E-state index in [0.29, 0.717) is 6.04 Å². The summed E-state index contributed by atoms with van der Waals surface area (Å²) in [5.41, 5.74) is 3.48. The van der Waals surface area contributed by atoms with Gasteiger partial charge in [-0.3, -0.25) is 0 Å². The van der Waals surface area contributed by atoms with E-state index in [9.17, 15) is 0 Å². The van der Waals surface area contributed by atoms with Gasteiger partial charge >= 0.3 is 0 Å². The van der Waals surface area contributed by atoms with Crippen molar-refractivity contribution in [3.05, 3.63) is 35.4 Å². The van der Waals surface area contributed by atoms with Gasteiger partial charge in [0.05, 0.1) is 5.60 Å². The zero-order valence-electron chi connectivity index (χ0n) is 12.5. The monoisotopic (exact) mass is 271 g/mol. The second-order valence-corrected chi connectivity index (χ2v) is 6.73. The van der Waals surface area contributed by atoms with Gasteiger partial charge in [0.15, 0.2) is 0 Å². The highest BCUT2D eigenvalue weighted by atomic mass is 16.5. The van der Waals surface area contributed by atoms with E-state index >= 15 is 0 Å². The molecule has 1 aliphatic heterocycles. The molecule has 2 bridgehead atoms. The van der Waals surface area contributed by atoms with Crippen LogP contribution in [0.1, 0.15) is 50.2 Å². The van der Waals surface area contributed by atoms with Crippen LogP contribution in [0, 0.1) is 0 Å². The lowest BCUT2D eigenvalue weighted by molar-refractivity contribution is -0.164. The topological polar surface area (TPSA) is 21.3 Å². The molecule has 1 N–H and O–H groups in total. The molecule has 1 heterocycles. The first-order chi connectivity index (χ1) is 9.82. The lowest BCUT2D eigenvalue weighted by Gasteiger charge is -2.63. The Morgan fingerprint density at radius 1 is 1.20 bits per heavy atom. The maximum absolute atomic E-state index is 6.53. The van der Waals surface area contributed by atoms with Crippen LogP contribution in [-0.4, -0.2) is 24.8 Å². The number of benzene rings is 1. The highest BCUT2D eigenvalue weighted by Gasteiger charge is 2.62. The molecule has 4 rings (SSSR count). The van der Waals surface area contributed by atoms with Crippen molar-refractivity contribution in [2.75, 3.05) is 13.2 Å². The predicted molar refractivity (Wildman–Crippen MR) is 81.1 cm³/mol. The van der Waals surface area contributed by atoms with E-state index in [0.717, 1.165) is 19.6 Å². The lowest BCUT2D eigenvalue weighted by Crippen LogP contribution is -2.72. The van der Waals surface area contributed by atoms with Gasteiger partial charge in [-0.05, 0) is 50.3 Å². The van der Waals surface area contributed by atoms with Crippen LogP contribution in [-0.2, 0) is 16.6 Å². The van der Waals surface area contributed by atoms with Gasteiger partial charge in [0, 0.05) is 18.1 Å². The molecule has 2 aliphatic carbocycles. The van der Waals surface area contributed by atoms with Crippen LogP contribution in [0.15, 0.2) is 24.3 Å². The van der Waals surface area contributed by atoms with Gasteiger partial charge in [-0.25, -0.2) is 0 Å². The lowest BCUT2D eigenvalue weighted by atomic mass is 9.50. The molecule has 3 atom stereocenters. The van der Waals surface area contributed by atoms with Crippen molar-refractivity contribution in [1.82, 2.24) is 5.32 Å². The summed E-state index contributed by atoms with van der Waals surface area (Å²) >= 11 is 0. The number of piperidine rings is 1. The minimum atomic E-state index is 0.0482. The highest BCUT2D eigenvalue weighted by molar-refractivity contribution is 5.45. The zero-order chi connectivity index (χ0) is 13.6. The van der Waals surface area contributed by atoms with Gasteiger partial charge in [-0.15, -0.1) is 0 Å². The van der Waals surface area contributed by atoms with Crippen LogP contribution in [0.5, 0.6) is 0 Å². The summed E-state index contributed by atoms with van der Waals surface area (Å²) in [4.78, 5) is 0. The third kappa shape index (κ3) is 1.47. The number of fused-ring (bicyclic) bond motifs is 1. The standard InChI is InChI=1S/C18H25NO/c1-2-20-18-10-6-5-9-17(18)11-12-19-16(18)13-14-7-3-4-8-15(14)17/h3-4,7-8,16,19H,2,5-6,9-13H2,1H3/t16-,17+,18?/m1/s1. The van der Waals surface area contributed by atoms with Gasteiger partial charge in [0.2, 0.25) is 0 Å². The van der Waals surface area contributed by atoms with Crippen molar-refractivity contribution in [2.45, 2.75) is 62.5 Å². The Labute approximate surface area is 121 Å². The molecule has 0 amide bonds. The van der Waals surface area contributed by atoms with Crippen LogP contribution < -0.4 is 5.32 Å².